The molecule has 13 heavy (non-hydrogen) atoms. The van der Waals surface area contributed by atoms with Gasteiger partial charge < -0.3 is 9.47 Å². The normalized spacial score (nSPS) is 27.1. The summed E-state index contributed by atoms with van der Waals surface area (Å²) in [6, 6.07) is 0. The maximum absolute atomic E-state index is 11.2. The zero-order valence-electron chi connectivity index (χ0n) is 8.79. The molecule has 76 valence electrons. The van der Waals surface area contributed by atoms with Crippen molar-refractivity contribution in [2.75, 3.05) is 6.61 Å². The maximum Gasteiger partial charge on any atom is 0.311 e. The molecule has 1 rings (SSSR count). The number of carbonyl (C=O) groups excluding carboxylic acids is 1. The van der Waals surface area contributed by atoms with Crippen LogP contribution >= 0.6 is 0 Å². The topological polar surface area (TPSA) is 35.5 Å². The number of esters is 1. The molecule has 0 radical (unpaired) electrons. The van der Waals surface area contributed by atoms with Crippen LogP contribution in [0.5, 0.6) is 0 Å². The Bertz CT molecular complexity index is 193. The summed E-state index contributed by atoms with van der Waals surface area (Å²) >= 11 is 0. The van der Waals surface area contributed by atoms with E-state index >= 15 is 0 Å². The van der Waals surface area contributed by atoms with Crippen LogP contribution in [0.3, 0.4) is 0 Å². The molecule has 0 N–H and O–H groups in total. The number of carbonyl (C=O) groups is 1. The van der Waals surface area contributed by atoms with E-state index in [9.17, 15) is 4.79 Å². The highest BCUT2D eigenvalue weighted by molar-refractivity contribution is 5.76. The van der Waals surface area contributed by atoms with Crippen molar-refractivity contribution in [1.82, 2.24) is 0 Å². The molecule has 3 nitrogen and oxygen atoms in total. The summed E-state index contributed by atoms with van der Waals surface area (Å²) in [7, 11) is 0. The number of hydrogen-bond donors (Lipinski definition) is 0. The molecular weight excluding hydrogens is 168 g/mol. The van der Waals surface area contributed by atoms with Crippen molar-refractivity contribution >= 4 is 5.97 Å². The summed E-state index contributed by atoms with van der Waals surface area (Å²) in [5, 5.41) is 0. The highest BCUT2D eigenvalue weighted by atomic mass is 16.5. The molecule has 0 spiro atoms. The minimum absolute atomic E-state index is 0.0147. The second-order valence-corrected chi connectivity index (χ2v) is 4.36. The monoisotopic (exact) mass is 186 g/mol. The number of rotatable bonds is 3. The van der Waals surface area contributed by atoms with E-state index in [4.69, 9.17) is 9.47 Å². The molecule has 0 bridgehead atoms. The average molecular weight is 186 g/mol. The Morgan fingerprint density at radius 2 is 2.08 bits per heavy atom. The minimum atomic E-state index is -0.161. The van der Waals surface area contributed by atoms with Crippen molar-refractivity contribution in [3.8, 4) is 0 Å². The van der Waals surface area contributed by atoms with Gasteiger partial charge in [0.15, 0.2) is 0 Å². The summed E-state index contributed by atoms with van der Waals surface area (Å²) in [6.45, 7) is 8.26. The molecule has 0 heterocycles. The first kappa shape index (κ1) is 10.5. The fourth-order valence-electron chi connectivity index (χ4n) is 1.25. The third-order valence-corrected chi connectivity index (χ3v) is 1.83. The Balaban J connectivity index is 2.26. The zero-order valence-corrected chi connectivity index (χ0v) is 8.79. The lowest BCUT2D eigenvalue weighted by atomic mass is 10.2. The molecule has 0 aromatic heterocycles. The summed E-state index contributed by atoms with van der Waals surface area (Å²) in [5.41, 5.74) is -0.161. The van der Waals surface area contributed by atoms with Crippen molar-refractivity contribution < 1.29 is 14.3 Å². The minimum Gasteiger partial charge on any atom is -0.466 e. The second-order valence-electron chi connectivity index (χ2n) is 4.36. The standard InChI is InChI=1S/C10H18O3/c1-5-12-9(11)7-6-8(7)13-10(2,3)4/h7-8H,5-6H2,1-4H3. The predicted molar refractivity (Wildman–Crippen MR) is 49.4 cm³/mol. The first-order valence-electron chi connectivity index (χ1n) is 4.78. The van der Waals surface area contributed by atoms with Gasteiger partial charge in [0, 0.05) is 0 Å². The van der Waals surface area contributed by atoms with Gasteiger partial charge >= 0.3 is 5.97 Å². The average Bonchev–Trinajstić information content (AvgIpc) is 2.64. The molecule has 1 aliphatic rings. The molecule has 2 atom stereocenters. The first-order chi connectivity index (χ1) is 5.94. The van der Waals surface area contributed by atoms with Crippen LogP contribution in [0.4, 0.5) is 0 Å². The SMILES string of the molecule is CCOC(=O)C1CC1OC(C)(C)C. The quantitative estimate of drug-likeness (QED) is 0.630. The fourth-order valence-corrected chi connectivity index (χ4v) is 1.25. The molecule has 0 saturated heterocycles. The van der Waals surface area contributed by atoms with Gasteiger partial charge in [0.1, 0.15) is 0 Å². The van der Waals surface area contributed by atoms with Gasteiger partial charge in [-0.2, -0.15) is 0 Å². The van der Waals surface area contributed by atoms with Gasteiger partial charge in [-0.25, -0.2) is 0 Å². The molecule has 0 amide bonds. The van der Waals surface area contributed by atoms with Gasteiger partial charge in [0.2, 0.25) is 0 Å². The van der Waals surface area contributed by atoms with Crippen LogP contribution in [0, 0.1) is 5.92 Å². The van der Waals surface area contributed by atoms with Crippen LogP contribution in [0.25, 0.3) is 0 Å². The van der Waals surface area contributed by atoms with E-state index in [1.54, 1.807) is 0 Å². The van der Waals surface area contributed by atoms with Crippen LogP contribution in [0.1, 0.15) is 34.1 Å². The van der Waals surface area contributed by atoms with Gasteiger partial charge in [-0.05, 0) is 34.1 Å². The van der Waals surface area contributed by atoms with Gasteiger partial charge in [0.25, 0.3) is 0 Å². The Hall–Kier alpha value is -0.570. The summed E-state index contributed by atoms with van der Waals surface area (Å²) < 4.78 is 10.5. The highest BCUT2D eigenvalue weighted by Gasteiger charge is 2.47. The van der Waals surface area contributed by atoms with Crippen LogP contribution < -0.4 is 0 Å². The van der Waals surface area contributed by atoms with E-state index in [-0.39, 0.29) is 23.6 Å². The van der Waals surface area contributed by atoms with Crippen LogP contribution in [0.2, 0.25) is 0 Å². The summed E-state index contributed by atoms with van der Waals surface area (Å²) in [5.74, 6) is -0.129. The van der Waals surface area contributed by atoms with Crippen molar-refractivity contribution in [2.45, 2.75) is 45.8 Å². The smallest absolute Gasteiger partial charge is 0.311 e. The second kappa shape index (κ2) is 3.66. The van der Waals surface area contributed by atoms with E-state index in [0.717, 1.165) is 6.42 Å². The van der Waals surface area contributed by atoms with E-state index in [1.165, 1.54) is 0 Å². The lowest BCUT2D eigenvalue weighted by molar-refractivity contribution is -0.146. The van der Waals surface area contributed by atoms with E-state index in [0.29, 0.717) is 6.61 Å². The van der Waals surface area contributed by atoms with Crippen molar-refractivity contribution in [3.05, 3.63) is 0 Å². The Labute approximate surface area is 79.4 Å². The van der Waals surface area contributed by atoms with Crippen LogP contribution in [-0.4, -0.2) is 24.3 Å². The van der Waals surface area contributed by atoms with Crippen molar-refractivity contribution in [2.24, 2.45) is 5.92 Å². The van der Waals surface area contributed by atoms with Gasteiger partial charge in [-0.15, -0.1) is 0 Å². The number of hydrogen-bond acceptors (Lipinski definition) is 3. The molecule has 0 aromatic carbocycles. The van der Waals surface area contributed by atoms with Crippen molar-refractivity contribution in [1.29, 1.82) is 0 Å². The molecule has 1 aliphatic carbocycles. The van der Waals surface area contributed by atoms with Crippen molar-refractivity contribution in [3.63, 3.8) is 0 Å². The molecule has 3 heteroatoms. The van der Waals surface area contributed by atoms with Crippen LogP contribution in [0.15, 0.2) is 0 Å². The molecule has 1 saturated carbocycles. The van der Waals surface area contributed by atoms with Crippen LogP contribution in [-0.2, 0) is 14.3 Å². The molecule has 2 unspecified atom stereocenters. The van der Waals surface area contributed by atoms with E-state index < -0.39 is 0 Å². The highest BCUT2D eigenvalue weighted by Crippen LogP contribution is 2.37. The third kappa shape index (κ3) is 3.35. The third-order valence-electron chi connectivity index (χ3n) is 1.83. The predicted octanol–water partition coefficient (Wildman–Crippen LogP) is 1.75. The number of ether oxygens (including phenoxy) is 2. The molecule has 1 fully saturated rings. The Kier molecular flexibility index (Phi) is 2.96. The molecule has 0 aromatic rings. The van der Waals surface area contributed by atoms with E-state index in [1.807, 2.05) is 27.7 Å². The molecular formula is C10H18O3. The van der Waals surface area contributed by atoms with Gasteiger partial charge in [-0.1, -0.05) is 0 Å². The summed E-state index contributed by atoms with van der Waals surface area (Å²) in [4.78, 5) is 11.2. The lowest BCUT2D eigenvalue weighted by Crippen LogP contribution is -2.22. The Morgan fingerprint density at radius 1 is 1.46 bits per heavy atom. The largest absolute Gasteiger partial charge is 0.466 e. The Morgan fingerprint density at radius 3 is 2.54 bits per heavy atom. The zero-order chi connectivity index (χ0) is 10.1. The van der Waals surface area contributed by atoms with E-state index in [2.05, 4.69) is 0 Å². The molecule has 0 aliphatic heterocycles. The lowest BCUT2D eigenvalue weighted by Gasteiger charge is -2.19. The summed E-state index contributed by atoms with van der Waals surface area (Å²) in [6.07, 6.45) is 0.898. The van der Waals surface area contributed by atoms with Gasteiger partial charge in [-0.3, -0.25) is 4.79 Å². The first-order valence-corrected chi connectivity index (χ1v) is 4.78. The van der Waals surface area contributed by atoms with Gasteiger partial charge in [0.05, 0.1) is 24.2 Å². The fraction of sp³-hybridized carbons (Fsp3) is 0.900. The maximum atomic E-state index is 11.2.